The lowest BCUT2D eigenvalue weighted by molar-refractivity contribution is -0.404. The molecule has 0 spiro atoms. The fraction of sp³-hybridized carbons (Fsp3) is 0.451. The van der Waals surface area contributed by atoms with Crippen molar-refractivity contribution in [2.24, 2.45) is 5.92 Å². The van der Waals surface area contributed by atoms with Crippen LogP contribution in [0.2, 0.25) is 0 Å². The molecule has 0 radical (unpaired) electrons. The normalized spacial score (nSPS) is 15.0. The predicted molar refractivity (Wildman–Crippen MR) is 274 cm³/mol. The van der Waals surface area contributed by atoms with E-state index in [1.54, 1.807) is 86.3 Å². The van der Waals surface area contributed by atoms with Crippen molar-refractivity contribution in [3.05, 3.63) is 102 Å². The number of carbonyl (C=O) groups is 10. The Kier molecular flexibility index (Phi) is 25.0. The number of carboxylic acids is 2. The zero-order valence-corrected chi connectivity index (χ0v) is 43.2. The average Bonchev–Trinajstić information content (AvgIpc) is 3.36. The van der Waals surface area contributed by atoms with Gasteiger partial charge in [-0.25, -0.2) is 0 Å². The van der Waals surface area contributed by atoms with E-state index >= 15 is 0 Å². The first-order valence-corrected chi connectivity index (χ1v) is 25.5. The Morgan fingerprint density at radius 1 is 0.500 bits per heavy atom. The first-order valence-electron chi connectivity index (χ1n) is 24.1. The maximum absolute atomic E-state index is 14.2. The molecule has 0 heterocycles. The van der Waals surface area contributed by atoms with Gasteiger partial charge in [-0.3, -0.25) is 47.9 Å². The van der Waals surface area contributed by atoms with Crippen molar-refractivity contribution < 1.29 is 69.0 Å². The number of aliphatic carboxylic acids is 2. The number of hydrogen-bond donors (Lipinski definition) is 12. The third kappa shape index (κ3) is 20.5. The molecule has 22 nitrogen and oxygen atoms in total. The molecule has 0 saturated heterocycles. The topological polar surface area (TPSA) is 355 Å². The molecular formula is C51H70N9O13S+. The highest BCUT2D eigenvalue weighted by atomic mass is 32.2. The Bertz CT molecular complexity index is 2400. The lowest BCUT2D eigenvalue weighted by atomic mass is 9.96. The van der Waals surface area contributed by atoms with E-state index in [0.29, 0.717) is 29.7 Å². The molecule has 402 valence electrons. The van der Waals surface area contributed by atoms with Gasteiger partial charge in [0.25, 0.3) is 5.91 Å². The molecule has 0 bridgehead atoms. The maximum atomic E-state index is 14.2. The zero-order chi connectivity index (χ0) is 55.1. The number of carboxylic acid groups (broad SMARTS) is 2. The smallest absolute Gasteiger partial charge is 0.325 e. The fourth-order valence-corrected chi connectivity index (χ4v) is 7.73. The number of quaternary nitrogens is 1. The summed E-state index contributed by atoms with van der Waals surface area (Å²) in [5.74, 6) is -9.49. The Labute approximate surface area is 433 Å². The number of rotatable bonds is 30. The molecule has 3 aromatic rings. The monoisotopic (exact) mass is 1050 g/mol. The first kappa shape index (κ1) is 60.8. The molecule has 23 heteroatoms. The summed E-state index contributed by atoms with van der Waals surface area (Å²) in [5, 5.41) is 49.3. The van der Waals surface area contributed by atoms with Crippen LogP contribution in [-0.2, 0) is 67.2 Å². The molecule has 0 saturated carbocycles. The highest BCUT2D eigenvalue weighted by molar-refractivity contribution is 7.98. The Morgan fingerprint density at radius 2 is 0.892 bits per heavy atom. The van der Waals surface area contributed by atoms with Crippen molar-refractivity contribution in [3.63, 3.8) is 0 Å². The second-order valence-corrected chi connectivity index (χ2v) is 19.0. The van der Waals surface area contributed by atoms with Crippen LogP contribution < -0.4 is 48.3 Å². The van der Waals surface area contributed by atoms with Crippen molar-refractivity contribution in [1.29, 1.82) is 0 Å². The van der Waals surface area contributed by atoms with E-state index in [2.05, 4.69) is 48.3 Å². The summed E-state index contributed by atoms with van der Waals surface area (Å²) < 4.78 is 0. The Morgan fingerprint density at radius 3 is 1.36 bits per heavy atom. The molecule has 8 amide bonds. The summed E-state index contributed by atoms with van der Waals surface area (Å²) in [6.07, 6.45) is 1.40. The minimum absolute atomic E-state index is 0.103. The predicted octanol–water partition coefficient (Wildman–Crippen LogP) is -0.673. The second-order valence-electron chi connectivity index (χ2n) is 18.0. The highest BCUT2D eigenvalue weighted by Crippen LogP contribution is 2.15. The Hall–Kier alpha value is -7.53. The molecule has 0 aliphatic rings. The molecule has 0 fully saturated rings. The number of benzene rings is 3. The van der Waals surface area contributed by atoms with Crippen LogP contribution in [0.4, 0.5) is 0 Å². The summed E-state index contributed by atoms with van der Waals surface area (Å²) in [7, 11) is 0. The van der Waals surface area contributed by atoms with Gasteiger partial charge in [0.05, 0.1) is 6.42 Å². The molecule has 0 unspecified atom stereocenters. The standard InChI is InChI=1S/C51H69N9O13S/c1-7-28(2)42(50(71)55-31(5)51(72)73)60-49(70)39(26-34-18-20-35(61)21-19-34)58-48(69)40(27-41(62)63)59-47(68)38(25-33-16-12-9-13-17-33)56-44(65)30(4)53-43(64)29(3)54-46(67)37(24-32-14-10-8-11-15-32)57-45(66)36(52)22-23-74-6/h8-21,28-31,36-40,42,61H,7,22-27,52H2,1-6H3,(H,53,64)(H,54,67)(H,55,71)(H,56,65)(H,57,66)(H,58,69)(H,59,68)(H,60,70)(H,62,63)(H,72,73)/p+1/t28-,29-,30-,31-,36-,37-,38-,39-,40-,42-/m0/s1. The van der Waals surface area contributed by atoms with E-state index in [1.807, 2.05) is 6.26 Å². The van der Waals surface area contributed by atoms with Crippen LogP contribution in [0.5, 0.6) is 5.75 Å². The molecule has 3 aromatic carbocycles. The fourth-order valence-electron chi connectivity index (χ4n) is 7.21. The van der Waals surface area contributed by atoms with E-state index in [1.165, 1.54) is 45.0 Å². The van der Waals surface area contributed by atoms with Gasteiger partial charge in [0, 0.05) is 25.7 Å². The van der Waals surface area contributed by atoms with Crippen molar-refractivity contribution in [2.75, 3.05) is 12.0 Å². The van der Waals surface area contributed by atoms with Gasteiger partial charge in [-0.1, -0.05) is 93.1 Å². The van der Waals surface area contributed by atoms with E-state index in [9.17, 15) is 63.3 Å². The third-order valence-electron chi connectivity index (χ3n) is 11.9. The van der Waals surface area contributed by atoms with E-state index in [0.717, 1.165) is 5.56 Å². The van der Waals surface area contributed by atoms with Gasteiger partial charge in [0.1, 0.15) is 54.1 Å². The van der Waals surface area contributed by atoms with Crippen molar-refractivity contribution >= 4 is 71.0 Å². The van der Waals surface area contributed by atoms with E-state index in [-0.39, 0.29) is 25.0 Å². The number of thioether (sulfide) groups is 1. The van der Waals surface area contributed by atoms with Crippen LogP contribution >= 0.6 is 11.8 Å². The van der Waals surface area contributed by atoms with E-state index in [4.69, 9.17) is 0 Å². The molecule has 10 atom stereocenters. The molecule has 0 aromatic heterocycles. The number of hydrogen-bond acceptors (Lipinski definition) is 12. The molecule has 0 aliphatic carbocycles. The summed E-state index contributed by atoms with van der Waals surface area (Å²) in [6, 6.07) is 11.1. The minimum atomic E-state index is -1.86. The van der Waals surface area contributed by atoms with Gasteiger partial charge in [0.15, 0.2) is 6.04 Å². The molecule has 74 heavy (non-hydrogen) atoms. The zero-order valence-electron chi connectivity index (χ0n) is 42.3. The Balaban J connectivity index is 1.84. The van der Waals surface area contributed by atoms with E-state index < -0.39 is 126 Å². The summed E-state index contributed by atoms with van der Waals surface area (Å²) in [5.41, 5.74) is 5.60. The van der Waals surface area contributed by atoms with Crippen molar-refractivity contribution in [2.45, 2.75) is 128 Å². The summed E-state index contributed by atoms with van der Waals surface area (Å²) in [6.45, 7) is 7.32. The van der Waals surface area contributed by atoms with Crippen LogP contribution in [0.3, 0.4) is 0 Å². The summed E-state index contributed by atoms with van der Waals surface area (Å²) >= 11 is 1.55. The summed E-state index contributed by atoms with van der Waals surface area (Å²) in [4.78, 5) is 133. The molecule has 0 aliphatic heterocycles. The highest BCUT2D eigenvalue weighted by Gasteiger charge is 2.36. The van der Waals surface area contributed by atoms with Gasteiger partial charge in [-0.2, -0.15) is 11.8 Å². The number of amides is 8. The molecular weight excluding hydrogens is 979 g/mol. The number of phenolic OH excluding ortho intramolecular Hbond substituents is 1. The van der Waals surface area contributed by atoms with Crippen LogP contribution in [0.25, 0.3) is 0 Å². The van der Waals surface area contributed by atoms with Gasteiger partial charge in [-0.05, 0) is 67.5 Å². The molecule has 14 N–H and O–H groups in total. The number of nitrogens with one attached hydrogen (secondary N) is 8. The van der Waals surface area contributed by atoms with Crippen LogP contribution in [0, 0.1) is 5.92 Å². The largest absolute Gasteiger partial charge is 0.508 e. The minimum Gasteiger partial charge on any atom is -0.508 e. The maximum Gasteiger partial charge on any atom is 0.325 e. The van der Waals surface area contributed by atoms with Crippen LogP contribution in [0.15, 0.2) is 84.9 Å². The third-order valence-corrected chi connectivity index (χ3v) is 12.6. The number of phenols is 1. The quantitative estimate of drug-likeness (QED) is 0.0394. The molecule has 3 rings (SSSR count). The van der Waals surface area contributed by atoms with Crippen molar-refractivity contribution in [3.8, 4) is 5.75 Å². The number of aromatic hydroxyl groups is 1. The SMILES string of the molecule is CC[C@H](C)[C@H](NC(=O)[C@H](Cc1ccc(O)cc1)NC(=O)[C@H](CC(=O)O)NC(=O)[C@H](Cc1ccccc1)NC(=O)[C@H](C)NC(=O)[C@H](C)NC(=O)[C@H](Cc1ccccc1)NC(=O)[C@@H]([NH3+])CCSC)C(=O)N[C@@H](C)C(=O)O. The first-order chi connectivity index (χ1) is 35.0. The lowest BCUT2D eigenvalue weighted by Crippen LogP contribution is -2.69. The van der Waals surface area contributed by atoms with Gasteiger partial charge in [-0.15, -0.1) is 0 Å². The van der Waals surface area contributed by atoms with Crippen LogP contribution in [0.1, 0.15) is 70.6 Å². The van der Waals surface area contributed by atoms with Gasteiger partial charge in [0.2, 0.25) is 41.4 Å². The second kappa shape index (κ2) is 30.5. The van der Waals surface area contributed by atoms with Crippen LogP contribution in [-0.4, -0.2) is 141 Å². The average molecular weight is 1050 g/mol. The lowest BCUT2D eigenvalue weighted by Gasteiger charge is -2.28. The number of carbonyl (C=O) groups excluding carboxylic acids is 8. The van der Waals surface area contributed by atoms with Gasteiger partial charge < -0.3 is 63.6 Å². The van der Waals surface area contributed by atoms with Crippen molar-refractivity contribution in [1.82, 2.24) is 42.5 Å². The van der Waals surface area contributed by atoms with Gasteiger partial charge >= 0.3 is 11.9 Å².